The topological polar surface area (TPSA) is 85.3 Å². The van der Waals surface area contributed by atoms with Gasteiger partial charge in [-0.2, -0.15) is 11.8 Å². The molecule has 0 aliphatic carbocycles. The molecule has 0 fully saturated rings. The van der Waals surface area contributed by atoms with Crippen molar-refractivity contribution in [1.29, 1.82) is 0 Å². The summed E-state index contributed by atoms with van der Waals surface area (Å²) in [6, 6.07) is 2.97. The molecule has 0 aliphatic heterocycles. The lowest BCUT2D eigenvalue weighted by Crippen LogP contribution is -2.25. The van der Waals surface area contributed by atoms with E-state index < -0.39 is 10.0 Å². The molecule has 0 saturated heterocycles. The zero-order valence-corrected chi connectivity index (χ0v) is 10.0. The summed E-state index contributed by atoms with van der Waals surface area (Å²) in [5.74, 6) is 1.18. The van der Waals surface area contributed by atoms with Gasteiger partial charge in [0.05, 0.1) is 6.54 Å². The van der Waals surface area contributed by atoms with E-state index in [-0.39, 0.29) is 11.6 Å². The number of nitrogens with two attached hydrogens (primary N) is 1. The summed E-state index contributed by atoms with van der Waals surface area (Å²) in [6.45, 7) is 0.586. The molecule has 0 bridgehead atoms. The number of thioether (sulfide) groups is 1. The van der Waals surface area contributed by atoms with Crippen LogP contribution in [0.5, 0.6) is 0 Å². The van der Waals surface area contributed by atoms with E-state index >= 15 is 0 Å². The van der Waals surface area contributed by atoms with Crippen LogP contribution in [0.2, 0.25) is 0 Å². The van der Waals surface area contributed by atoms with Crippen LogP contribution < -0.4 is 10.5 Å². The van der Waals surface area contributed by atoms with Crippen molar-refractivity contribution in [2.24, 2.45) is 5.73 Å². The first kappa shape index (κ1) is 12.6. The van der Waals surface area contributed by atoms with Crippen LogP contribution in [-0.4, -0.2) is 27.0 Å². The lowest BCUT2D eigenvalue weighted by atomic mass is 10.5. The highest BCUT2D eigenvalue weighted by Gasteiger charge is 2.17. The number of sulfonamides is 1. The maximum atomic E-state index is 11.6. The van der Waals surface area contributed by atoms with Crippen molar-refractivity contribution < 1.29 is 12.8 Å². The monoisotopic (exact) mass is 250 g/mol. The number of hydrogen-bond donors (Lipinski definition) is 2. The molecule has 1 aromatic heterocycles. The molecular formula is C8H14N2O3S2. The van der Waals surface area contributed by atoms with Crippen LogP contribution in [0.4, 0.5) is 0 Å². The molecule has 0 saturated carbocycles. The van der Waals surface area contributed by atoms with Gasteiger partial charge in [0.2, 0.25) is 5.09 Å². The normalized spacial score (nSPS) is 11.9. The van der Waals surface area contributed by atoms with Crippen LogP contribution in [0.25, 0.3) is 0 Å². The fourth-order valence-electron chi connectivity index (χ4n) is 0.962. The van der Waals surface area contributed by atoms with Crippen molar-refractivity contribution >= 4 is 21.8 Å². The zero-order valence-electron chi connectivity index (χ0n) is 8.39. The molecule has 3 N–H and O–H groups in total. The number of furan rings is 1. The fourth-order valence-corrected chi connectivity index (χ4v) is 2.37. The predicted molar refractivity (Wildman–Crippen MR) is 60.2 cm³/mol. The van der Waals surface area contributed by atoms with E-state index in [2.05, 4.69) is 4.72 Å². The Kier molecular flexibility index (Phi) is 4.65. The van der Waals surface area contributed by atoms with E-state index in [1.54, 1.807) is 17.8 Å². The molecule has 1 heterocycles. The molecule has 86 valence electrons. The Morgan fingerprint density at radius 3 is 2.80 bits per heavy atom. The summed E-state index contributed by atoms with van der Waals surface area (Å²) in [5, 5.41) is -0.0796. The predicted octanol–water partition coefficient (Wildman–Crippen LogP) is 0.380. The summed E-state index contributed by atoms with van der Waals surface area (Å²) >= 11 is 1.57. The zero-order chi connectivity index (χ0) is 11.3. The molecule has 0 aliphatic rings. The second kappa shape index (κ2) is 5.55. The molecule has 15 heavy (non-hydrogen) atoms. The van der Waals surface area contributed by atoms with Gasteiger partial charge in [-0.1, -0.05) is 0 Å². The molecule has 1 aromatic rings. The van der Waals surface area contributed by atoms with Crippen molar-refractivity contribution in [2.75, 3.05) is 18.6 Å². The summed E-state index contributed by atoms with van der Waals surface area (Å²) in [7, 11) is -3.51. The highest BCUT2D eigenvalue weighted by atomic mass is 32.2. The van der Waals surface area contributed by atoms with Crippen molar-refractivity contribution in [3.63, 3.8) is 0 Å². The molecule has 0 atom stereocenters. The van der Waals surface area contributed by atoms with Gasteiger partial charge in [0, 0.05) is 12.3 Å². The Morgan fingerprint density at radius 1 is 1.53 bits per heavy atom. The minimum atomic E-state index is -3.51. The van der Waals surface area contributed by atoms with Gasteiger partial charge in [0.15, 0.2) is 0 Å². The van der Waals surface area contributed by atoms with Crippen molar-refractivity contribution in [2.45, 2.75) is 11.6 Å². The second-order valence-electron chi connectivity index (χ2n) is 2.82. The maximum Gasteiger partial charge on any atom is 0.273 e. The molecule has 5 nitrogen and oxygen atoms in total. The summed E-state index contributed by atoms with van der Waals surface area (Å²) in [4.78, 5) is 0. The quantitative estimate of drug-likeness (QED) is 0.713. The Hall–Kier alpha value is -0.500. The van der Waals surface area contributed by atoms with Gasteiger partial charge >= 0.3 is 0 Å². The molecule has 7 heteroatoms. The Balaban J connectivity index is 2.68. The first-order valence-corrected chi connectivity index (χ1v) is 7.25. The van der Waals surface area contributed by atoms with Crippen LogP contribution in [0.1, 0.15) is 5.76 Å². The molecule has 0 spiro atoms. The van der Waals surface area contributed by atoms with Crippen molar-refractivity contribution in [1.82, 2.24) is 4.72 Å². The molecule has 1 rings (SSSR count). The summed E-state index contributed by atoms with van der Waals surface area (Å²) in [5.41, 5.74) is 5.32. The summed E-state index contributed by atoms with van der Waals surface area (Å²) < 4.78 is 30.6. The lowest BCUT2D eigenvalue weighted by molar-refractivity contribution is 0.413. The van der Waals surface area contributed by atoms with E-state index in [0.29, 0.717) is 12.3 Å². The van der Waals surface area contributed by atoms with Crippen molar-refractivity contribution in [3.05, 3.63) is 17.9 Å². The van der Waals surface area contributed by atoms with Gasteiger partial charge in [0.25, 0.3) is 10.0 Å². The molecule has 0 unspecified atom stereocenters. The maximum absolute atomic E-state index is 11.6. The van der Waals surface area contributed by atoms with Crippen LogP contribution in [0.15, 0.2) is 21.6 Å². The molecule has 0 radical (unpaired) electrons. The van der Waals surface area contributed by atoms with Crippen LogP contribution >= 0.6 is 11.8 Å². The van der Waals surface area contributed by atoms with Gasteiger partial charge in [-0.3, -0.25) is 0 Å². The summed E-state index contributed by atoms with van der Waals surface area (Å²) in [6.07, 6.45) is 1.91. The lowest BCUT2D eigenvalue weighted by Gasteiger charge is -2.02. The first-order valence-electron chi connectivity index (χ1n) is 4.37. The highest BCUT2D eigenvalue weighted by molar-refractivity contribution is 7.98. The van der Waals surface area contributed by atoms with E-state index in [4.69, 9.17) is 10.2 Å². The van der Waals surface area contributed by atoms with Gasteiger partial charge in [-0.05, 0) is 18.4 Å². The second-order valence-corrected chi connectivity index (χ2v) is 5.50. The van der Waals surface area contributed by atoms with E-state index in [1.807, 2.05) is 6.26 Å². The van der Waals surface area contributed by atoms with E-state index in [1.165, 1.54) is 6.07 Å². The third-order valence-corrected chi connectivity index (χ3v) is 3.65. The average molecular weight is 250 g/mol. The smallest absolute Gasteiger partial charge is 0.273 e. The van der Waals surface area contributed by atoms with E-state index in [0.717, 1.165) is 5.75 Å². The number of nitrogens with one attached hydrogen (secondary N) is 1. The highest BCUT2D eigenvalue weighted by Crippen LogP contribution is 2.12. The molecule has 0 aromatic carbocycles. The van der Waals surface area contributed by atoms with Gasteiger partial charge < -0.3 is 10.2 Å². The fraction of sp³-hybridized carbons (Fsp3) is 0.500. The number of rotatable bonds is 6. The SMILES string of the molecule is CSCCNS(=O)(=O)c1ccc(CN)o1. The Bertz CT molecular complexity index is 400. The minimum Gasteiger partial charge on any atom is -0.447 e. The third-order valence-electron chi connectivity index (χ3n) is 1.70. The van der Waals surface area contributed by atoms with Crippen LogP contribution in [0, 0.1) is 0 Å². The van der Waals surface area contributed by atoms with Gasteiger partial charge in [0.1, 0.15) is 5.76 Å². The Morgan fingerprint density at radius 2 is 2.27 bits per heavy atom. The van der Waals surface area contributed by atoms with Gasteiger partial charge in [-0.15, -0.1) is 0 Å². The third kappa shape index (κ3) is 3.53. The van der Waals surface area contributed by atoms with Gasteiger partial charge in [-0.25, -0.2) is 13.1 Å². The largest absolute Gasteiger partial charge is 0.447 e. The number of hydrogen-bond acceptors (Lipinski definition) is 5. The van der Waals surface area contributed by atoms with E-state index in [9.17, 15) is 8.42 Å². The van der Waals surface area contributed by atoms with Crippen LogP contribution in [0.3, 0.4) is 0 Å². The minimum absolute atomic E-state index is 0.0796. The Labute approximate surface area is 93.5 Å². The van der Waals surface area contributed by atoms with Crippen LogP contribution in [-0.2, 0) is 16.6 Å². The standard InChI is InChI=1S/C8H14N2O3S2/c1-14-5-4-10-15(11,12)8-3-2-7(6-9)13-8/h2-3,10H,4-6,9H2,1H3. The first-order chi connectivity index (χ1) is 7.10. The average Bonchev–Trinajstić information content (AvgIpc) is 2.66. The molecule has 0 amide bonds. The van der Waals surface area contributed by atoms with Crippen molar-refractivity contribution in [3.8, 4) is 0 Å². The molecular weight excluding hydrogens is 236 g/mol.